The average molecular weight is 609 g/mol. The number of ether oxygens (including phenoxy) is 1. The first kappa shape index (κ1) is 27.5. The summed E-state index contributed by atoms with van der Waals surface area (Å²) >= 11 is 3.49. The molecule has 9 nitrogen and oxygen atoms in total. The van der Waals surface area contributed by atoms with Crippen molar-refractivity contribution in [3.63, 3.8) is 0 Å². The van der Waals surface area contributed by atoms with Crippen molar-refractivity contribution in [3.05, 3.63) is 94.4 Å². The van der Waals surface area contributed by atoms with Gasteiger partial charge in [0.2, 0.25) is 5.71 Å². The number of aliphatic hydroxyl groups excluding tert-OH is 1. The van der Waals surface area contributed by atoms with Crippen molar-refractivity contribution in [2.24, 2.45) is 0 Å². The zero-order valence-corrected chi connectivity index (χ0v) is 23.5. The Morgan fingerprint density at radius 2 is 1.85 bits per heavy atom. The van der Waals surface area contributed by atoms with Crippen molar-refractivity contribution in [1.29, 1.82) is 0 Å². The van der Waals surface area contributed by atoms with Gasteiger partial charge >= 0.3 is 5.97 Å². The van der Waals surface area contributed by atoms with E-state index >= 15 is 0 Å². The summed E-state index contributed by atoms with van der Waals surface area (Å²) in [7, 11) is 0. The predicted molar refractivity (Wildman–Crippen MR) is 148 cm³/mol. The summed E-state index contributed by atoms with van der Waals surface area (Å²) in [6.45, 7) is 6.23. The van der Waals surface area contributed by atoms with Crippen LogP contribution in [0.2, 0.25) is 0 Å². The number of fused-ring (bicyclic) bond motifs is 1. The maximum atomic E-state index is 13.5. The van der Waals surface area contributed by atoms with Gasteiger partial charge < -0.3 is 19.4 Å². The molecule has 40 heavy (non-hydrogen) atoms. The molecule has 2 aromatic carbocycles. The highest BCUT2D eigenvalue weighted by atomic mass is 79.9. The molecular weight excluding hydrogens is 583 g/mol. The minimum atomic E-state index is -1.53. The molecule has 3 heterocycles. The summed E-state index contributed by atoms with van der Waals surface area (Å²) in [5.41, 5.74) is 1.56. The molecule has 206 valence electrons. The highest BCUT2D eigenvalue weighted by Gasteiger charge is 2.36. The first-order valence-corrected chi connectivity index (χ1v) is 13.2. The quantitative estimate of drug-likeness (QED) is 0.213. The van der Waals surface area contributed by atoms with E-state index in [0.29, 0.717) is 26.9 Å². The van der Waals surface area contributed by atoms with Crippen molar-refractivity contribution < 1.29 is 28.6 Å². The lowest BCUT2D eigenvalue weighted by molar-refractivity contribution is -0.141. The van der Waals surface area contributed by atoms with Crippen LogP contribution in [0.25, 0.3) is 22.4 Å². The molecule has 3 aromatic heterocycles. The summed E-state index contributed by atoms with van der Waals surface area (Å²) < 4.78 is 27.7. The number of carboxylic acids is 1. The van der Waals surface area contributed by atoms with Crippen LogP contribution in [0.1, 0.15) is 49.7 Å². The number of hydrogen-bond donors (Lipinski definition) is 2. The molecule has 5 rings (SSSR count). The van der Waals surface area contributed by atoms with Gasteiger partial charge in [0.25, 0.3) is 0 Å². The topological polar surface area (TPSA) is 124 Å². The zero-order chi connectivity index (χ0) is 28.6. The third-order valence-electron chi connectivity index (χ3n) is 6.41. The minimum absolute atomic E-state index is 0.0506. The Labute approximate surface area is 237 Å². The molecule has 0 bridgehead atoms. The van der Waals surface area contributed by atoms with Gasteiger partial charge in [-0.3, -0.25) is 9.48 Å². The molecule has 0 radical (unpaired) electrons. The summed E-state index contributed by atoms with van der Waals surface area (Å²) in [6, 6.07) is 14.2. The number of rotatable bonds is 8. The first-order valence-electron chi connectivity index (χ1n) is 12.4. The molecule has 0 fully saturated rings. The lowest BCUT2D eigenvalue weighted by Gasteiger charge is -2.24. The van der Waals surface area contributed by atoms with E-state index in [0.717, 1.165) is 5.69 Å². The minimum Gasteiger partial charge on any atom is -0.487 e. The number of hydrogen-bond acceptors (Lipinski definition) is 7. The smallest absolute Gasteiger partial charge is 0.315 e. The van der Waals surface area contributed by atoms with Crippen LogP contribution in [0.3, 0.4) is 0 Å². The molecule has 11 heteroatoms. The molecule has 0 aliphatic heterocycles. The van der Waals surface area contributed by atoms with Crippen molar-refractivity contribution in [1.82, 2.24) is 19.7 Å². The van der Waals surface area contributed by atoms with Gasteiger partial charge in [0.15, 0.2) is 5.76 Å². The van der Waals surface area contributed by atoms with E-state index in [-0.39, 0.29) is 29.1 Å². The van der Waals surface area contributed by atoms with Crippen LogP contribution in [0.5, 0.6) is 5.75 Å². The Balaban J connectivity index is 1.52. The summed E-state index contributed by atoms with van der Waals surface area (Å²) in [5.74, 6) is -2.55. The largest absolute Gasteiger partial charge is 0.487 e. The van der Waals surface area contributed by atoms with Crippen LogP contribution >= 0.6 is 15.9 Å². The molecule has 0 saturated carbocycles. The Morgan fingerprint density at radius 1 is 1.12 bits per heavy atom. The predicted octanol–water partition coefficient (Wildman–Crippen LogP) is 6.22. The molecule has 0 spiro atoms. The van der Waals surface area contributed by atoms with E-state index in [1.165, 1.54) is 30.6 Å². The van der Waals surface area contributed by atoms with Gasteiger partial charge in [-0.2, -0.15) is 5.10 Å². The number of aromatic nitrogens is 4. The number of halogens is 2. The summed E-state index contributed by atoms with van der Waals surface area (Å²) in [4.78, 5) is 21.0. The Kier molecular flexibility index (Phi) is 7.43. The lowest BCUT2D eigenvalue weighted by Crippen LogP contribution is -2.26. The third kappa shape index (κ3) is 5.22. The van der Waals surface area contributed by atoms with Gasteiger partial charge in [-0.1, -0.05) is 18.2 Å². The maximum absolute atomic E-state index is 13.5. The molecule has 0 saturated heterocycles. The monoisotopic (exact) mass is 608 g/mol. The van der Waals surface area contributed by atoms with E-state index in [1.54, 1.807) is 30.5 Å². The standard InChI is InChI=1S/C29H26BrFN4O5/c1-29(2,3)35-18(12-13-34-35)14-39-20-7-5-4-6-19(20)25(36)22(28(37)38)24-21-23(30)26(40-27(21)33-15-32-24)16-8-10-17(31)11-9-16/h4-13,15,22,25,36H,14H2,1-3H3,(H,37,38). The Bertz CT molecular complexity index is 1680. The maximum Gasteiger partial charge on any atom is 0.315 e. The number of aliphatic carboxylic acids is 1. The highest BCUT2D eigenvalue weighted by Crippen LogP contribution is 2.43. The fourth-order valence-electron chi connectivity index (χ4n) is 4.58. The van der Waals surface area contributed by atoms with Crippen LogP contribution in [0, 0.1) is 5.82 Å². The number of aliphatic hydroxyl groups is 1. The molecule has 0 aliphatic carbocycles. The fourth-order valence-corrected chi connectivity index (χ4v) is 5.26. The van der Waals surface area contributed by atoms with Crippen LogP contribution in [0.15, 0.2) is 76.0 Å². The third-order valence-corrected chi connectivity index (χ3v) is 7.17. The molecule has 0 aliphatic rings. The highest BCUT2D eigenvalue weighted by molar-refractivity contribution is 9.10. The molecule has 2 N–H and O–H groups in total. The van der Waals surface area contributed by atoms with Crippen LogP contribution in [-0.2, 0) is 16.9 Å². The Morgan fingerprint density at radius 3 is 2.55 bits per heavy atom. The molecule has 5 aromatic rings. The second-order valence-corrected chi connectivity index (χ2v) is 11.0. The van der Waals surface area contributed by atoms with Crippen molar-refractivity contribution in [2.75, 3.05) is 0 Å². The second kappa shape index (κ2) is 10.8. The number of furan rings is 1. The lowest BCUT2D eigenvalue weighted by atomic mass is 9.90. The summed E-state index contributed by atoms with van der Waals surface area (Å²) in [6.07, 6.45) is 1.34. The van der Waals surface area contributed by atoms with Crippen LogP contribution in [0.4, 0.5) is 4.39 Å². The van der Waals surface area contributed by atoms with Gasteiger partial charge in [-0.25, -0.2) is 14.4 Å². The van der Waals surface area contributed by atoms with Gasteiger partial charge in [0.1, 0.15) is 36.5 Å². The Hall–Kier alpha value is -4.09. The van der Waals surface area contributed by atoms with E-state index < -0.39 is 23.8 Å². The zero-order valence-electron chi connectivity index (χ0n) is 21.9. The SMILES string of the molecule is CC(C)(C)n1nccc1COc1ccccc1C(O)C(C(=O)O)c1ncnc2oc(-c3ccc(F)cc3)c(Br)c12. The van der Waals surface area contributed by atoms with Gasteiger partial charge in [0, 0.05) is 17.3 Å². The number of para-hydroxylation sites is 1. The van der Waals surface area contributed by atoms with Crippen molar-refractivity contribution >= 4 is 33.0 Å². The first-order chi connectivity index (χ1) is 19.1. The number of nitrogens with zero attached hydrogens (tertiary/aromatic N) is 4. The van der Waals surface area contributed by atoms with E-state index in [9.17, 15) is 19.4 Å². The van der Waals surface area contributed by atoms with E-state index in [1.807, 2.05) is 31.5 Å². The van der Waals surface area contributed by atoms with Crippen LogP contribution in [-0.4, -0.2) is 35.9 Å². The fraction of sp³-hybridized carbons (Fsp3) is 0.241. The van der Waals surface area contributed by atoms with Crippen LogP contribution < -0.4 is 4.74 Å². The molecular formula is C29H26BrFN4O5. The number of carbonyl (C=O) groups is 1. The van der Waals surface area contributed by atoms with Gasteiger partial charge in [-0.15, -0.1) is 0 Å². The van der Waals surface area contributed by atoms with Crippen molar-refractivity contribution in [3.8, 4) is 17.1 Å². The molecule has 2 atom stereocenters. The van der Waals surface area contributed by atoms with Gasteiger partial charge in [-0.05, 0) is 73.1 Å². The second-order valence-electron chi connectivity index (χ2n) is 10.2. The normalized spacial score (nSPS) is 13.3. The average Bonchev–Trinajstić information content (AvgIpc) is 3.53. The van der Waals surface area contributed by atoms with E-state index in [2.05, 4.69) is 31.0 Å². The van der Waals surface area contributed by atoms with Gasteiger partial charge in [0.05, 0.1) is 26.8 Å². The summed E-state index contributed by atoms with van der Waals surface area (Å²) in [5, 5.41) is 26.5. The molecule has 2 unspecified atom stereocenters. The number of carboxylic acid groups (broad SMARTS) is 1. The van der Waals surface area contributed by atoms with E-state index in [4.69, 9.17) is 9.15 Å². The number of benzene rings is 2. The van der Waals surface area contributed by atoms with Crippen molar-refractivity contribution in [2.45, 2.75) is 44.9 Å². The molecule has 0 amide bonds.